The summed E-state index contributed by atoms with van der Waals surface area (Å²) >= 11 is 0. The van der Waals surface area contributed by atoms with Gasteiger partial charge in [-0.25, -0.2) is 0 Å². The second kappa shape index (κ2) is 4.16. The summed E-state index contributed by atoms with van der Waals surface area (Å²) in [7, 11) is 0. The zero-order valence-corrected chi connectivity index (χ0v) is 12.4. The predicted octanol–water partition coefficient (Wildman–Crippen LogP) is 3.71. The van der Waals surface area contributed by atoms with E-state index in [0.717, 1.165) is 22.3 Å². The van der Waals surface area contributed by atoms with Crippen LogP contribution in [0.2, 0.25) is 0 Å². The van der Waals surface area contributed by atoms with Crippen LogP contribution in [0.3, 0.4) is 0 Å². The Hall–Kier alpha value is -1.67. The Kier molecular flexibility index (Phi) is 2.77. The van der Waals surface area contributed by atoms with Crippen LogP contribution >= 0.6 is 0 Å². The first-order chi connectivity index (χ1) is 9.31. The van der Waals surface area contributed by atoms with Gasteiger partial charge in [-0.15, -0.1) is 0 Å². The second-order valence-corrected chi connectivity index (χ2v) is 6.47. The van der Waals surface area contributed by atoms with E-state index >= 15 is 0 Å². The molecule has 20 heavy (non-hydrogen) atoms. The third-order valence-electron chi connectivity index (χ3n) is 4.37. The van der Waals surface area contributed by atoms with E-state index in [1.807, 2.05) is 13.0 Å². The Morgan fingerprint density at radius 3 is 2.55 bits per heavy atom. The van der Waals surface area contributed by atoms with Crippen LogP contribution in [-0.2, 0) is 6.42 Å². The molecule has 0 fully saturated rings. The van der Waals surface area contributed by atoms with Crippen molar-refractivity contribution in [1.82, 2.24) is 0 Å². The minimum atomic E-state index is -1.28. The standard InChI is InChI=1S/C18H20O2/c1-10(2)12-5-6-13-9-18(4,20)17(19)15-7-11(3)14(8-12)16(13)15/h5-8,10,20H,9H2,1-4H3. The fraction of sp³-hybridized carbons (Fsp3) is 0.389. The van der Waals surface area contributed by atoms with E-state index in [9.17, 15) is 9.90 Å². The van der Waals surface area contributed by atoms with Gasteiger partial charge in [0.25, 0.3) is 0 Å². The number of hydrogen-bond acceptors (Lipinski definition) is 2. The quantitative estimate of drug-likeness (QED) is 0.856. The van der Waals surface area contributed by atoms with E-state index < -0.39 is 5.60 Å². The van der Waals surface area contributed by atoms with Crippen molar-refractivity contribution in [2.24, 2.45) is 0 Å². The van der Waals surface area contributed by atoms with Crippen LogP contribution in [-0.4, -0.2) is 16.5 Å². The Morgan fingerprint density at radius 2 is 1.90 bits per heavy atom. The van der Waals surface area contributed by atoms with E-state index in [-0.39, 0.29) is 5.78 Å². The number of carbonyl (C=O) groups excluding carboxylic acids is 1. The molecule has 0 bridgehead atoms. The first-order valence-corrected chi connectivity index (χ1v) is 7.14. The van der Waals surface area contributed by atoms with Crippen molar-refractivity contribution >= 4 is 5.78 Å². The monoisotopic (exact) mass is 268 g/mol. The van der Waals surface area contributed by atoms with Crippen molar-refractivity contribution in [3.8, 4) is 11.1 Å². The normalized spacial score (nSPS) is 21.8. The predicted molar refractivity (Wildman–Crippen MR) is 80.5 cm³/mol. The number of aryl methyl sites for hydroxylation is 1. The van der Waals surface area contributed by atoms with Gasteiger partial charge in [-0.1, -0.05) is 32.0 Å². The van der Waals surface area contributed by atoms with E-state index in [1.165, 1.54) is 5.56 Å². The van der Waals surface area contributed by atoms with Crippen molar-refractivity contribution in [3.63, 3.8) is 0 Å². The van der Waals surface area contributed by atoms with Gasteiger partial charge in [0.15, 0.2) is 5.78 Å². The van der Waals surface area contributed by atoms with Crippen LogP contribution in [0, 0.1) is 6.92 Å². The molecule has 104 valence electrons. The Bertz CT molecular complexity index is 680. The van der Waals surface area contributed by atoms with Crippen LogP contribution in [0.5, 0.6) is 0 Å². The smallest absolute Gasteiger partial charge is 0.195 e. The zero-order valence-electron chi connectivity index (χ0n) is 12.4. The highest BCUT2D eigenvalue weighted by Crippen LogP contribution is 2.42. The first-order valence-electron chi connectivity index (χ1n) is 7.14. The summed E-state index contributed by atoms with van der Waals surface area (Å²) in [6.07, 6.45) is 0.394. The van der Waals surface area contributed by atoms with Crippen molar-refractivity contribution in [3.05, 3.63) is 46.5 Å². The summed E-state index contributed by atoms with van der Waals surface area (Å²) in [5.74, 6) is 0.286. The summed E-state index contributed by atoms with van der Waals surface area (Å²) in [6, 6.07) is 8.31. The molecule has 0 radical (unpaired) electrons. The molecule has 0 spiro atoms. The maximum atomic E-state index is 12.4. The summed E-state index contributed by atoms with van der Waals surface area (Å²) in [4.78, 5) is 12.4. The molecule has 0 heterocycles. The SMILES string of the molecule is Cc1cc2c3c(ccc(C(C)C)cc1-3)CC(C)(O)C2=O. The van der Waals surface area contributed by atoms with E-state index in [0.29, 0.717) is 17.9 Å². The number of hydrogen-bond donors (Lipinski definition) is 1. The molecule has 1 unspecified atom stereocenters. The summed E-state index contributed by atoms with van der Waals surface area (Å²) in [6.45, 7) is 7.98. The highest BCUT2D eigenvalue weighted by Gasteiger charge is 2.39. The Labute approximate surface area is 119 Å². The molecule has 0 saturated carbocycles. The second-order valence-electron chi connectivity index (χ2n) is 6.47. The first kappa shape index (κ1) is 13.3. The Morgan fingerprint density at radius 1 is 1.20 bits per heavy atom. The largest absolute Gasteiger partial charge is 0.382 e. The van der Waals surface area contributed by atoms with Crippen molar-refractivity contribution < 1.29 is 9.90 Å². The summed E-state index contributed by atoms with van der Waals surface area (Å²) < 4.78 is 0. The van der Waals surface area contributed by atoms with Gasteiger partial charge in [-0.3, -0.25) is 4.79 Å². The minimum Gasteiger partial charge on any atom is -0.382 e. The molecule has 2 nitrogen and oxygen atoms in total. The third-order valence-corrected chi connectivity index (χ3v) is 4.37. The summed E-state index contributed by atoms with van der Waals surface area (Å²) in [5, 5.41) is 10.4. The number of aliphatic hydroxyl groups is 1. The van der Waals surface area contributed by atoms with Crippen LogP contribution in [0.15, 0.2) is 24.3 Å². The summed E-state index contributed by atoms with van der Waals surface area (Å²) in [5.41, 5.74) is 5.01. The lowest BCUT2D eigenvalue weighted by Gasteiger charge is -2.27. The fourth-order valence-corrected chi connectivity index (χ4v) is 3.16. The number of ketones is 1. The minimum absolute atomic E-state index is 0.152. The lowest BCUT2D eigenvalue weighted by atomic mass is 9.80. The lowest BCUT2D eigenvalue weighted by molar-refractivity contribution is 0.0398. The average molecular weight is 268 g/mol. The zero-order chi connectivity index (χ0) is 14.7. The molecule has 0 saturated heterocycles. The molecule has 0 aromatic carbocycles. The molecule has 0 aliphatic heterocycles. The van der Waals surface area contributed by atoms with Gasteiger partial charge >= 0.3 is 0 Å². The molecular weight excluding hydrogens is 248 g/mol. The van der Waals surface area contributed by atoms with E-state index in [2.05, 4.69) is 32.0 Å². The molecule has 1 N–H and O–H groups in total. The van der Waals surface area contributed by atoms with Gasteiger partial charge in [0.05, 0.1) is 0 Å². The highest BCUT2D eigenvalue weighted by atomic mass is 16.3. The average Bonchev–Trinajstić information content (AvgIpc) is 2.55. The molecule has 3 rings (SSSR count). The van der Waals surface area contributed by atoms with Crippen molar-refractivity contribution in [2.75, 3.05) is 0 Å². The van der Waals surface area contributed by atoms with Gasteiger partial charge in [0, 0.05) is 12.0 Å². The van der Waals surface area contributed by atoms with Crippen LogP contribution in [0.1, 0.15) is 53.7 Å². The topological polar surface area (TPSA) is 37.3 Å². The maximum absolute atomic E-state index is 12.4. The highest BCUT2D eigenvalue weighted by molar-refractivity contribution is 6.11. The lowest BCUT2D eigenvalue weighted by Crippen LogP contribution is -2.40. The van der Waals surface area contributed by atoms with Gasteiger partial charge < -0.3 is 5.11 Å². The molecule has 2 heteroatoms. The van der Waals surface area contributed by atoms with Crippen LogP contribution in [0.25, 0.3) is 11.1 Å². The van der Waals surface area contributed by atoms with Gasteiger partial charge in [-0.05, 0) is 53.6 Å². The molecule has 0 aromatic rings. The van der Waals surface area contributed by atoms with E-state index in [4.69, 9.17) is 0 Å². The van der Waals surface area contributed by atoms with Gasteiger partial charge in [-0.2, -0.15) is 0 Å². The molecule has 3 aliphatic rings. The van der Waals surface area contributed by atoms with Crippen molar-refractivity contribution in [2.45, 2.75) is 45.6 Å². The molecule has 0 aromatic heterocycles. The third kappa shape index (κ3) is 1.79. The van der Waals surface area contributed by atoms with Crippen LogP contribution < -0.4 is 0 Å². The maximum Gasteiger partial charge on any atom is 0.195 e. The van der Waals surface area contributed by atoms with Gasteiger partial charge in [0.1, 0.15) is 5.60 Å². The molecule has 0 amide bonds. The molecule has 1 atom stereocenters. The van der Waals surface area contributed by atoms with E-state index in [1.54, 1.807) is 6.92 Å². The molecular formula is C18H20O2. The number of Topliss-reactive ketones (excluding diaryl/α,β-unsaturated/α-hetero) is 1. The molecule has 3 aliphatic carbocycles. The number of carbonyl (C=O) groups is 1. The fourth-order valence-electron chi connectivity index (χ4n) is 3.16. The Balaban J connectivity index is 2.34. The number of rotatable bonds is 1. The van der Waals surface area contributed by atoms with Crippen LogP contribution in [0.4, 0.5) is 0 Å². The van der Waals surface area contributed by atoms with Gasteiger partial charge in [0.2, 0.25) is 0 Å². The van der Waals surface area contributed by atoms with Crippen molar-refractivity contribution in [1.29, 1.82) is 0 Å².